The highest BCUT2D eigenvalue weighted by Crippen LogP contribution is 2.29. The van der Waals surface area contributed by atoms with Crippen molar-refractivity contribution in [2.24, 2.45) is 5.92 Å². The van der Waals surface area contributed by atoms with E-state index in [0.717, 1.165) is 27.0 Å². The molecule has 1 aliphatic heterocycles. The molecule has 3 aromatic rings. The number of hydrogen-bond acceptors (Lipinski definition) is 4. The fourth-order valence-electron chi connectivity index (χ4n) is 3.15. The molecule has 0 aliphatic carbocycles. The van der Waals surface area contributed by atoms with Gasteiger partial charge in [-0.05, 0) is 43.7 Å². The number of aromatic nitrogens is 1. The van der Waals surface area contributed by atoms with Crippen molar-refractivity contribution in [3.8, 4) is 0 Å². The molecule has 1 aromatic heterocycles. The molecular formula is C20H19N3O2S. The summed E-state index contributed by atoms with van der Waals surface area (Å²) in [6.45, 7) is 4.43. The van der Waals surface area contributed by atoms with Crippen LogP contribution in [0.1, 0.15) is 17.5 Å². The lowest BCUT2D eigenvalue weighted by atomic mass is 10.1. The number of amides is 2. The Morgan fingerprint density at radius 1 is 1.15 bits per heavy atom. The first-order valence-electron chi connectivity index (χ1n) is 8.55. The van der Waals surface area contributed by atoms with Gasteiger partial charge in [0.2, 0.25) is 11.8 Å². The third-order valence-electron chi connectivity index (χ3n) is 4.62. The SMILES string of the molecule is Cc1ccc(N2C[C@@H](C(=O)Nc3nc4ccc(C)cc4s3)CC2=O)cc1. The van der Waals surface area contributed by atoms with Gasteiger partial charge in [0.05, 0.1) is 16.1 Å². The Bertz CT molecular complexity index is 994. The standard InChI is InChI=1S/C20H19N3O2S/c1-12-3-6-15(7-4-12)23-11-14(10-18(23)24)19(25)22-20-21-16-8-5-13(2)9-17(16)26-20/h3-9,14H,10-11H2,1-2H3,(H,21,22,25)/t14-/m0/s1. The molecule has 0 bridgehead atoms. The van der Waals surface area contributed by atoms with Gasteiger partial charge in [0.1, 0.15) is 0 Å². The van der Waals surface area contributed by atoms with E-state index in [2.05, 4.69) is 16.4 Å². The second-order valence-electron chi connectivity index (χ2n) is 6.72. The zero-order chi connectivity index (χ0) is 18.3. The molecule has 0 unspecified atom stereocenters. The zero-order valence-electron chi connectivity index (χ0n) is 14.7. The van der Waals surface area contributed by atoms with Crippen molar-refractivity contribution in [1.29, 1.82) is 0 Å². The lowest BCUT2D eigenvalue weighted by molar-refractivity contribution is -0.122. The van der Waals surface area contributed by atoms with E-state index >= 15 is 0 Å². The fourth-order valence-corrected chi connectivity index (χ4v) is 4.12. The molecule has 2 aromatic carbocycles. The maximum Gasteiger partial charge on any atom is 0.231 e. The van der Waals surface area contributed by atoms with E-state index in [1.807, 2.05) is 50.2 Å². The van der Waals surface area contributed by atoms with Gasteiger partial charge < -0.3 is 10.2 Å². The summed E-state index contributed by atoms with van der Waals surface area (Å²) in [5.74, 6) is -0.532. The molecule has 132 valence electrons. The van der Waals surface area contributed by atoms with Gasteiger partial charge in [-0.3, -0.25) is 9.59 Å². The minimum absolute atomic E-state index is 0.0195. The second-order valence-corrected chi connectivity index (χ2v) is 7.75. The number of thiazole rings is 1. The Morgan fingerprint density at radius 2 is 1.88 bits per heavy atom. The van der Waals surface area contributed by atoms with Crippen molar-refractivity contribution >= 4 is 44.2 Å². The topological polar surface area (TPSA) is 62.3 Å². The molecule has 2 heterocycles. The number of carbonyl (C=O) groups is 2. The predicted octanol–water partition coefficient (Wildman–Crippen LogP) is 3.90. The van der Waals surface area contributed by atoms with Gasteiger partial charge in [-0.25, -0.2) is 4.98 Å². The molecule has 5 nitrogen and oxygen atoms in total. The Morgan fingerprint density at radius 3 is 2.65 bits per heavy atom. The molecule has 26 heavy (non-hydrogen) atoms. The molecule has 1 fully saturated rings. The Kier molecular flexibility index (Phi) is 4.20. The van der Waals surface area contributed by atoms with Crippen LogP contribution in [0, 0.1) is 19.8 Å². The smallest absolute Gasteiger partial charge is 0.231 e. The van der Waals surface area contributed by atoms with E-state index in [1.165, 1.54) is 11.3 Å². The largest absolute Gasteiger partial charge is 0.312 e. The van der Waals surface area contributed by atoms with Crippen molar-refractivity contribution in [1.82, 2.24) is 4.98 Å². The van der Waals surface area contributed by atoms with Gasteiger partial charge in [-0.1, -0.05) is 35.1 Å². The van der Waals surface area contributed by atoms with Crippen molar-refractivity contribution in [2.45, 2.75) is 20.3 Å². The maximum atomic E-state index is 12.6. The molecule has 1 N–H and O–H groups in total. The number of rotatable bonds is 3. The van der Waals surface area contributed by atoms with Gasteiger partial charge >= 0.3 is 0 Å². The van der Waals surface area contributed by atoms with Crippen molar-refractivity contribution in [2.75, 3.05) is 16.8 Å². The van der Waals surface area contributed by atoms with Crippen LogP contribution in [0.4, 0.5) is 10.8 Å². The van der Waals surface area contributed by atoms with Crippen molar-refractivity contribution in [3.63, 3.8) is 0 Å². The quantitative estimate of drug-likeness (QED) is 0.765. The third-order valence-corrected chi connectivity index (χ3v) is 5.55. The maximum absolute atomic E-state index is 12.6. The molecule has 2 amide bonds. The zero-order valence-corrected chi connectivity index (χ0v) is 15.5. The Labute approximate surface area is 155 Å². The number of hydrogen-bond donors (Lipinski definition) is 1. The highest BCUT2D eigenvalue weighted by Gasteiger charge is 2.35. The van der Waals surface area contributed by atoms with Crippen LogP contribution in [0.5, 0.6) is 0 Å². The molecule has 4 rings (SSSR count). The van der Waals surface area contributed by atoms with E-state index in [0.29, 0.717) is 11.7 Å². The number of nitrogens with one attached hydrogen (secondary N) is 1. The Hall–Kier alpha value is -2.73. The molecule has 6 heteroatoms. The van der Waals surface area contributed by atoms with Crippen LogP contribution in [0.15, 0.2) is 42.5 Å². The molecular weight excluding hydrogens is 346 g/mol. The van der Waals surface area contributed by atoms with E-state index in [1.54, 1.807) is 4.90 Å². The van der Waals surface area contributed by atoms with E-state index in [9.17, 15) is 9.59 Å². The normalized spacial score (nSPS) is 17.1. The summed E-state index contributed by atoms with van der Waals surface area (Å²) in [6.07, 6.45) is 0.226. The second kappa shape index (κ2) is 6.53. The number of carbonyl (C=O) groups excluding carboxylic acids is 2. The van der Waals surface area contributed by atoms with Crippen LogP contribution in [-0.2, 0) is 9.59 Å². The number of fused-ring (bicyclic) bond motifs is 1. The lowest BCUT2D eigenvalue weighted by Gasteiger charge is -2.16. The first-order valence-corrected chi connectivity index (χ1v) is 9.36. The number of anilines is 2. The van der Waals surface area contributed by atoms with Gasteiger partial charge in [-0.15, -0.1) is 0 Å². The van der Waals surface area contributed by atoms with Crippen LogP contribution in [0.3, 0.4) is 0 Å². The first-order chi connectivity index (χ1) is 12.5. The minimum atomic E-state index is -0.363. The van der Waals surface area contributed by atoms with E-state index in [4.69, 9.17) is 0 Å². The summed E-state index contributed by atoms with van der Waals surface area (Å²) < 4.78 is 1.05. The summed E-state index contributed by atoms with van der Waals surface area (Å²) >= 11 is 1.46. The minimum Gasteiger partial charge on any atom is -0.312 e. The number of nitrogens with zero attached hydrogens (tertiary/aromatic N) is 2. The van der Waals surface area contributed by atoms with Gasteiger partial charge in [-0.2, -0.15) is 0 Å². The van der Waals surface area contributed by atoms with Crippen LogP contribution >= 0.6 is 11.3 Å². The van der Waals surface area contributed by atoms with E-state index < -0.39 is 0 Å². The van der Waals surface area contributed by atoms with Crippen LogP contribution in [0.2, 0.25) is 0 Å². The fraction of sp³-hybridized carbons (Fsp3) is 0.250. The van der Waals surface area contributed by atoms with Crippen molar-refractivity contribution in [3.05, 3.63) is 53.6 Å². The van der Waals surface area contributed by atoms with Crippen molar-refractivity contribution < 1.29 is 9.59 Å². The summed E-state index contributed by atoms with van der Waals surface area (Å²) in [5.41, 5.74) is 4.01. The molecule has 1 atom stereocenters. The predicted molar refractivity (Wildman–Crippen MR) is 105 cm³/mol. The number of benzene rings is 2. The summed E-state index contributed by atoms with van der Waals surface area (Å²) in [7, 11) is 0. The summed E-state index contributed by atoms with van der Waals surface area (Å²) in [4.78, 5) is 31.1. The third kappa shape index (κ3) is 3.20. The lowest BCUT2D eigenvalue weighted by Crippen LogP contribution is -2.28. The highest BCUT2D eigenvalue weighted by atomic mass is 32.1. The van der Waals surface area contributed by atoms with Gasteiger partial charge in [0.15, 0.2) is 5.13 Å². The molecule has 1 aliphatic rings. The van der Waals surface area contributed by atoms with Crippen LogP contribution in [0.25, 0.3) is 10.2 Å². The highest BCUT2D eigenvalue weighted by molar-refractivity contribution is 7.22. The summed E-state index contributed by atoms with van der Waals surface area (Å²) in [5, 5.41) is 3.46. The number of aryl methyl sites for hydroxylation is 2. The molecule has 1 saturated heterocycles. The summed E-state index contributed by atoms with van der Waals surface area (Å²) in [6, 6.07) is 13.8. The molecule has 0 spiro atoms. The first kappa shape index (κ1) is 16.7. The van der Waals surface area contributed by atoms with Crippen LogP contribution in [-0.4, -0.2) is 23.3 Å². The van der Waals surface area contributed by atoms with Gasteiger partial charge in [0, 0.05) is 18.7 Å². The van der Waals surface area contributed by atoms with E-state index in [-0.39, 0.29) is 24.2 Å². The van der Waals surface area contributed by atoms with Gasteiger partial charge in [0.25, 0.3) is 0 Å². The molecule has 0 radical (unpaired) electrons. The average Bonchev–Trinajstić information content (AvgIpc) is 3.18. The Balaban J connectivity index is 1.48. The van der Waals surface area contributed by atoms with Crippen LogP contribution < -0.4 is 10.2 Å². The molecule has 0 saturated carbocycles. The monoisotopic (exact) mass is 365 g/mol. The average molecular weight is 365 g/mol.